The largest absolute Gasteiger partial charge is 0.394 e. The number of hydrogen-bond acceptors (Lipinski definition) is 9. The van der Waals surface area contributed by atoms with Crippen molar-refractivity contribution in [1.82, 2.24) is 15.5 Å². The maximum Gasteiger partial charge on any atom is 0.227 e. The van der Waals surface area contributed by atoms with Crippen molar-refractivity contribution in [2.75, 3.05) is 27.3 Å². The van der Waals surface area contributed by atoms with Crippen molar-refractivity contribution in [3.05, 3.63) is 35.4 Å². The fraction of sp³-hybridized carbons (Fsp3) is 0.522. The lowest BCUT2D eigenvalue weighted by Gasteiger charge is -2.27. The lowest BCUT2D eigenvalue weighted by Crippen LogP contribution is -2.50. The highest BCUT2D eigenvalue weighted by atomic mass is 16.3. The zero-order chi connectivity index (χ0) is 23.4. The smallest absolute Gasteiger partial charge is 0.227 e. The summed E-state index contributed by atoms with van der Waals surface area (Å²) in [4.78, 5) is 21.3. The lowest BCUT2D eigenvalue weighted by atomic mass is 10.1. The van der Waals surface area contributed by atoms with Gasteiger partial charge in [0.1, 0.15) is 5.69 Å². The molecule has 0 aliphatic carbocycles. The van der Waals surface area contributed by atoms with Crippen molar-refractivity contribution in [2.45, 2.75) is 72.6 Å². The molecule has 0 spiro atoms. The first kappa shape index (κ1) is 23.7. The number of fused-ring (bicyclic) bond motifs is 1. The minimum atomic E-state index is -0.129. The number of carbonyl (C=O) groups is 1. The van der Waals surface area contributed by atoms with Crippen LogP contribution in [0.4, 0.5) is 23.3 Å². The number of benzene rings is 1. The molecule has 174 valence electrons. The molecule has 0 radical (unpaired) electrons. The van der Waals surface area contributed by atoms with Gasteiger partial charge in [-0.15, -0.1) is 5.53 Å². The highest BCUT2D eigenvalue weighted by Crippen LogP contribution is 2.40. The van der Waals surface area contributed by atoms with Gasteiger partial charge in [-0.1, -0.05) is 25.1 Å². The Kier molecular flexibility index (Phi) is 7.52. The van der Waals surface area contributed by atoms with E-state index in [9.17, 15) is 9.90 Å². The summed E-state index contributed by atoms with van der Waals surface area (Å²) in [7, 11) is 0. The van der Waals surface area contributed by atoms with E-state index in [1.54, 1.807) is 6.92 Å². The molecule has 4 N–H and O–H groups in total. The highest BCUT2D eigenvalue weighted by Gasteiger charge is 2.34. The van der Waals surface area contributed by atoms with Crippen molar-refractivity contribution in [1.29, 1.82) is 0 Å². The quantitative estimate of drug-likeness (QED) is 0.413. The lowest BCUT2D eigenvalue weighted by molar-refractivity contribution is 0.101. The number of carbonyl (C=O) groups excluding carboxylic acids is 1. The fourth-order valence-corrected chi connectivity index (χ4v) is 3.51. The van der Waals surface area contributed by atoms with E-state index in [0.717, 1.165) is 23.5 Å². The van der Waals surface area contributed by atoms with E-state index in [1.165, 1.54) is 0 Å². The topological polar surface area (TPSA) is 106 Å². The molecule has 2 heterocycles. The molecule has 0 saturated heterocycles. The summed E-state index contributed by atoms with van der Waals surface area (Å²) < 4.78 is 0. The van der Waals surface area contributed by atoms with Crippen LogP contribution in [0.5, 0.6) is 0 Å². The van der Waals surface area contributed by atoms with Crippen LogP contribution in [-0.2, 0) is 6.54 Å². The summed E-state index contributed by atoms with van der Waals surface area (Å²) in [5.41, 5.74) is 5.98. The van der Waals surface area contributed by atoms with E-state index < -0.39 is 0 Å². The molecular formula is C23H35N7O2. The van der Waals surface area contributed by atoms with Gasteiger partial charge >= 0.3 is 0 Å². The van der Waals surface area contributed by atoms with Gasteiger partial charge in [0, 0.05) is 24.2 Å². The zero-order valence-corrected chi connectivity index (χ0v) is 19.8. The molecule has 1 aliphatic heterocycles. The SMILES string of the molecule is CCC(CO)Nc1nc(NCc2cccc(C(C)=O)c2)c2c(n1)N(C(C)C)NN2C(C)C. The van der Waals surface area contributed by atoms with Crippen LogP contribution in [0.15, 0.2) is 24.3 Å². The number of nitrogens with one attached hydrogen (secondary N) is 3. The third-order valence-electron chi connectivity index (χ3n) is 5.42. The van der Waals surface area contributed by atoms with Gasteiger partial charge in [-0.25, -0.2) is 0 Å². The predicted molar refractivity (Wildman–Crippen MR) is 129 cm³/mol. The molecule has 1 aromatic carbocycles. The Labute approximate surface area is 190 Å². The van der Waals surface area contributed by atoms with Gasteiger partial charge < -0.3 is 15.7 Å². The predicted octanol–water partition coefficient (Wildman–Crippen LogP) is 3.34. The Bertz CT molecular complexity index is 944. The van der Waals surface area contributed by atoms with Crippen molar-refractivity contribution in [2.24, 2.45) is 0 Å². The van der Waals surface area contributed by atoms with E-state index in [4.69, 9.17) is 9.97 Å². The standard InChI is InChI=1S/C23H35N7O2/c1-7-19(13-31)25-23-26-21(24-12-17-9-8-10-18(11-17)16(6)32)20-22(27-23)30(15(4)5)28-29(20)14(2)3/h8-11,14-15,19,28,31H,7,12-13H2,1-6H3,(H2,24,25,26,27). The van der Waals surface area contributed by atoms with Gasteiger partial charge in [-0.05, 0) is 52.7 Å². The molecule has 1 unspecified atom stereocenters. The second kappa shape index (κ2) is 10.1. The van der Waals surface area contributed by atoms with Gasteiger partial charge in [0.2, 0.25) is 5.95 Å². The van der Waals surface area contributed by atoms with Crippen LogP contribution in [0.2, 0.25) is 0 Å². The summed E-state index contributed by atoms with van der Waals surface area (Å²) in [5.74, 6) is 1.96. The Morgan fingerprint density at radius 2 is 1.88 bits per heavy atom. The second-order valence-corrected chi connectivity index (χ2v) is 8.64. The molecule has 9 heteroatoms. The molecule has 0 amide bonds. The molecule has 32 heavy (non-hydrogen) atoms. The number of aromatic nitrogens is 2. The maximum atomic E-state index is 11.8. The molecule has 1 aromatic heterocycles. The highest BCUT2D eigenvalue weighted by molar-refractivity contribution is 5.94. The minimum Gasteiger partial charge on any atom is -0.394 e. The van der Waals surface area contributed by atoms with E-state index >= 15 is 0 Å². The van der Waals surface area contributed by atoms with Crippen LogP contribution in [0, 0.1) is 0 Å². The van der Waals surface area contributed by atoms with E-state index in [0.29, 0.717) is 23.9 Å². The zero-order valence-electron chi connectivity index (χ0n) is 19.8. The van der Waals surface area contributed by atoms with E-state index in [-0.39, 0.29) is 30.5 Å². The fourth-order valence-electron chi connectivity index (χ4n) is 3.51. The molecule has 3 rings (SSSR count). The Balaban J connectivity index is 2.00. The molecule has 0 saturated carbocycles. The van der Waals surface area contributed by atoms with Crippen LogP contribution in [-0.4, -0.2) is 45.6 Å². The number of aliphatic hydroxyl groups is 1. The summed E-state index contributed by atoms with van der Waals surface area (Å²) in [5, 5.41) is 20.4. The summed E-state index contributed by atoms with van der Waals surface area (Å²) in [6.45, 7) is 12.5. The van der Waals surface area contributed by atoms with Crippen molar-refractivity contribution >= 4 is 29.1 Å². The first-order chi connectivity index (χ1) is 15.2. The normalized spacial score (nSPS) is 14.2. The van der Waals surface area contributed by atoms with Crippen LogP contribution < -0.4 is 26.2 Å². The first-order valence-electron chi connectivity index (χ1n) is 11.2. The molecular weight excluding hydrogens is 406 g/mol. The second-order valence-electron chi connectivity index (χ2n) is 8.64. The third kappa shape index (κ3) is 5.11. The number of anilines is 4. The summed E-state index contributed by atoms with van der Waals surface area (Å²) >= 11 is 0. The maximum absolute atomic E-state index is 11.8. The van der Waals surface area contributed by atoms with Gasteiger partial charge in [0.15, 0.2) is 17.4 Å². The molecule has 1 aliphatic rings. The Hall–Kier alpha value is -2.91. The molecule has 0 bridgehead atoms. The summed E-state index contributed by atoms with van der Waals surface area (Å²) in [6.07, 6.45) is 0.752. The van der Waals surface area contributed by atoms with E-state index in [1.807, 2.05) is 36.2 Å². The van der Waals surface area contributed by atoms with Gasteiger partial charge in [-0.3, -0.25) is 14.8 Å². The van der Waals surface area contributed by atoms with Crippen LogP contribution >= 0.6 is 0 Å². The molecule has 1 atom stereocenters. The molecule has 2 aromatic rings. The number of Topliss-reactive ketones (excluding diaryl/α,β-unsaturated/α-hetero) is 1. The number of hydrazine groups is 2. The van der Waals surface area contributed by atoms with Gasteiger partial charge in [-0.2, -0.15) is 9.97 Å². The number of ketones is 1. The van der Waals surface area contributed by atoms with Crippen LogP contribution in [0.1, 0.15) is 63.9 Å². The summed E-state index contributed by atoms with van der Waals surface area (Å²) in [6, 6.07) is 7.80. The van der Waals surface area contributed by atoms with Gasteiger partial charge in [0.25, 0.3) is 0 Å². The van der Waals surface area contributed by atoms with Crippen LogP contribution in [0.25, 0.3) is 0 Å². The average molecular weight is 442 g/mol. The monoisotopic (exact) mass is 441 g/mol. The van der Waals surface area contributed by atoms with Crippen LogP contribution in [0.3, 0.4) is 0 Å². The molecule has 0 fully saturated rings. The van der Waals surface area contributed by atoms with Gasteiger partial charge in [0.05, 0.1) is 12.6 Å². The number of aliphatic hydroxyl groups excluding tert-OH is 1. The Morgan fingerprint density at radius 1 is 1.16 bits per heavy atom. The number of hydrogen-bond donors (Lipinski definition) is 4. The average Bonchev–Trinajstić information content (AvgIpc) is 3.16. The Morgan fingerprint density at radius 3 is 2.47 bits per heavy atom. The van der Waals surface area contributed by atoms with E-state index in [2.05, 4.69) is 48.9 Å². The number of rotatable bonds is 10. The molecule has 9 nitrogen and oxygen atoms in total. The third-order valence-corrected chi connectivity index (χ3v) is 5.42. The minimum absolute atomic E-state index is 0.00179. The first-order valence-corrected chi connectivity index (χ1v) is 11.2. The number of nitrogens with zero attached hydrogens (tertiary/aromatic N) is 4. The van der Waals surface area contributed by atoms with Crippen molar-refractivity contribution < 1.29 is 9.90 Å². The van der Waals surface area contributed by atoms with Crippen molar-refractivity contribution in [3.8, 4) is 0 Å². The van der Waals surface area contributed by atoms with Crippen molar-refractivity contribution in [3.63, 3.8) is 0 Å².